The van der Waals surface area contributed by atoms with Crippen LogP contribution in [-0.4, -0.2) is 18.4 Å². The maximum absolute atomic E-state index is 13.3. The highest BCUT2D eigenvalue weighted by molar-refractivity contribution is 7.89. The quantitative estimate of drug-likeness (QED) is 0.524. The number of hydrogen-bond acceptors (Lipinski definition) is 3. The lowest BCUT2D eigenvalue weighted by Crippen LogP contribution is -2.13. The number of nitrogens with two attached hydrogens (primary N) is 1. The molecule has 0 saturated carbocycles. The molecule has 8 heteroatoms. The summed E-state index contributed by atoms with van der Waals surface area (Å²) in [6.45, 7) is 0. The van der Waals surface area contributed by atoms with Gasteiger partial charge in [-0.15, -0.1) is 0 Å². The summed E-state index contributed by atoms with van der Waals surface area (Å²) in [6, 6.07) is 15.4. The van der Waals surface area contributed by atoms with Gasteiger partial charge in [0.05, 0.1) is 15.9 Å². The predicted octanol–water partition coefficient (Wildman–Crippen LogP) is 4.33. The van der Waals surface area contributed by atoms with E-state index in [9.17, 15) is 17.2 Å². The van der Waals surface area contributed by atoms with Crippen LogP contribution in [0.25, 0.3) is 34.3 Å². The van der Waals surface area contributed by atoms with Gasteiger partial charge in [-0.05, 0) is 47.5 Å². The maximum Gasteiger partial charge on any atom is 0.238 e. The minimum Gasteiger partial charge on any atom is -0.338 e. The Balaban J connectivity index is 1.70. The van der Waals surface area contributed by atoms with Crippen molar-refractivity contribution in [3.05, 3.63) is 83.7 Å². The van der Waals surface area contributed by atoms with E-state index < -0.39 is 21.7 Å². The fraction of sp³-hybridized carbons (Fsp3) is 0. The van der Waals surface area contributed by atoms with Crippen molar-refractivity contribution < 1.29 is 17.2 Å². The molecule has 0 unspecified atom stereocenters. The zero-order chi connectivity index (χ0) is 20.6. The summed E-state index contributed by atoms with van der Waals surface area (Å²) < 4.78 is 50.0. The summed E-state index contributed by atoms with van der Waals surface area (Å²) in [4.78, 5) is 7.60. The van der Waals surface area contributed by atoms with E-state index >= 15 is 0 Å². The lowest BCUT2D eigenvalue weighted by Gasteiger charge is -2.07. The van der Waals surface area contributed by atoms with Crippen molar-refractivity contribution in [1.29, 1.82) is 0 Å². The molecule has 0 aliphatic heterocycles. The topological polar surface area (TPSA) is 88.8 Å². The number of H-pyrrole nitrogens is 1. The molecular weight excluding hydrogens is 396 g/mol. The zero-order valence-corrected chi connectivity index (χ0v) is 15.7. The van der Waals surface area contributed by atoms with Crippen LogP contribution in [0.5, 0.6) is 0 Å². The number of fused-ring (bicyclic) bond motifs is 1. The molecule has 0 radical (unpaired) electrons. The van der Waals surface area contributed by atoms with Crippen LogP contribution in [0.2, 0.25) is 0 Å². The van der Waals surface area contributed by atoms with Crippen molar-refractivity contribution >= 4 is 33.2 Å². The molecule has 146 valence electrons. The highest BCUT2D eigenvalue weighted by Gasteiger charge is 2.15. The minimum atomic E-state index is -3.87. The van der Waals surface area contributed by atoms with Gasteiger partial charge in [0, 0.05) is 5.56 Å². The van der Waals surface area contributed by atoms with Crippen LogP contribution >= 0.6 is 0 Å². The van der Waals surface area contributed by atoms with Gasteiger partial charge in [0.25, 0.3) is 0 Å². The molecule has 29 heavy (non-hydrogen) atoms. The second kappa shape index (κ2) is 7.23. The van der Waals surface area contributed by atoms with Crippen LogP contribution in [0.1, 0.15) is 11.4 Å². The van der Waals surface area contributed by atoms with Crippen molar-refractivity contribution in [3.8, 4) is 11.1 Å². The van der Waals surface area contributed by atoms with E-state index in [1.807, 2.05) is 0 Å². The number of aromatic nitrogens is 2. The fourth-order valence-electron chi connectivity index (χ4n) is 3.02. The third-order valence-electron chi connectivity index (χ3n) is 4.38. The lowest BCUT2D eigenvalue weighted by atomic mass is 10.1. The largest absolute Gasteiger partial charge is 0.338 e. The first-order valence-corrected chi connectivity index (χ1v) is 10.1. The third kappa shape index (κ3) is 3.94. The molecule has 0 saturated heterocycles. The summed E-state index contributed by atoms with van der Waals surface area (Å²) in [5, 5.41) is 5.32. The number of nitrogens with zero attached hydrogens (tertiary/aromatic N) is 1. The van der Waals surface area contributed by atoms with Crippen LogP contribution in [0.15, 0.2) is 65.6 Å². The van der Waals surface area contributed by atoms with E-state index in [4.69, 9.17) is 5.14 Å². The first-order valence-electron chi connectivity index (χ1n) is 8.56. The number of nitrogens with one attached hydrogen (secondary N) is 1. The standard InChI is InChI=1S/C21H15F2N3O2S/c22-16-8-5-13(11-17(16)23)6-10-21-25-18-9-7-14(12-19(18)26-21)15-3-1-2-4-20(15)29(24,27)28/h1-12H,(H,25,26)(H2,24,27,28). The summed E-state index contributed by atoms with van der Waals surface area (Å²) >= 11 is 0. The maximum atomic E-state index is 13.3. The average Bonchev–Trinajstić information content (AvgIpc) is 3.10. The van der Waals surface area contributed by atoms with Crippen molar-refractivity contribution in [1.82, 2.24) is 9.97 Å². The van der Waals surface area contributed by atoms with E-state index in [0.717, 1.165) is 17.6 Å². The fourth-order valence-corrected chi connectivity index (χ4v) is 3.78. The highest BCUT2D eigenvalue weighted by atomic mass is 32.2. The summed E-state index contributed by atoms with van der Waals surface area (Å²) in [7, 11) is -3.87. The smallest absolute Gasteiger partial charge is 0.238 e. The second-order valence-corrected chi connectivity index (χ2v) is 7.93. The van der Waals surface area contributed by atoms with E-state index in [2.05, 4.69) is 9.97 Å². The molecule has 0 amide bonds. The molecule has 0 fully saturated rings. The molecule has 0 bridgehead atoms. The highest BCUT2D eigenvalue weighted by Crippen LogP contribution is 2.29. The van der Waals surface area contributed by atoms with Crippen LogP contribution in [-0.2, 0) is 10.0 Å². The molecule has 3 aromatic carbocycles. The molecule has 0 aliphatic carbocycles. The van der Waals surface area contributed by atoms with E-state index in [-0.39, 0.29) is 4.90 Å². The monoisotopic (exact) mass is 411 g/mol. The van der Waals surface area contributed by atoms with Crippen molar-refractivity contribution in [2.24, 2.45) is 5.14 Å². The van der Waals surface area contributed by atoms with Gasteiger partial charge in [-0.25, -0.2) is 27.3 Å². The third-order valence-corrected chi connectivity index (χ3v) is 5.35. The van der Waals surface area contributed by atoms with Crippen LogP contribution < -0.4 is 5.14 Å². The Morgan fingerprint density at radius 1 is 0.931 bits per heavy atom. The Hall–Kier alpha value is -3.36. The van der Waals surface area contributed by atoms with Gasteiger partial charge >= 0.3 is 0 Å². The molecule has 4 rings (SSSR count). The Morgan fingerprint density at radius 2 is 1.72 bits per heavy atom. The van der Waals surface area contributed by atoms with E-state index in [0.29, 0.717) is 28.0 Å². The van der Waals surface area contributed by atoms with Gasteiger partial charge in [0.1, 0.15) is 5.82 Å². The number of hydrogen-bond donors (Lipinski definition) is 2. The van der Waals surface area contributed by atoms with Gasteiger partial charge in [-0.1, -0.05) is 36.4 Å². The van der Waals surface area contributed by atoms with Crippen molar-refractivity contribution in [3.63, 3.8) is 0 Å². The average molecular weight is 411 g/mol. The number of benzene rings is 3. The second-order valence-electron chi connectivity index (χ2n) is 6.40. The number of aromatic amines is 1. The van der Waals surface area contributed by atoms with E-state index in [1.165, 1.54) is 12.1 Å². The van der Waals surface area contributed by atoms with Crippen LogP contribution in [0.4, 0.5) is 8.78 Å². The predicted molar refractivity (Wildman–Crippen MR) is 108 cm³/mol. The van der Waals surface area contributed by atoms with Gasteiger partial charge in [0.15, 0.2) is 11.6 Å². The number of imidazole rings is 1. The van der Waals surface area contributed by atoms with Crippen molar-refractivity contribution in [2.75, 3.05) is 0 Å². The first-order chi connectivity index (χ1) is 13.8. The summed E-state index contributed by atoms with van der Waals surface area (Å²) in [5.74, 6) is -1.31. The molecule has 0 atom stereocenters. The number of primary sulfonamides is 1. The van der Waals surface area contributed by atoms with Gasteiger partial charge < -0.3 is 4.98 Å². The normalized spacial score (nSPS) is 12.1. The molecule has 1 heterocycles. The van der Waals surface area contributed by atoms with E-state index in [1.54, 1.807) is 48.6 Å². The molecule has 3 N–H and O–H groups in total. The Bertz CT molecular complexity index is 1360. The molecule has 0 aliphatic rings. The minimum absolute atomic E-state index is 0.0355. The zero-order valence-electron chi connectivity index (χ0n) is 14.9. The molecule has 1 aromatic heterocycles. The number of halogens is 2. The first kappa shape index (κ1) is 19.0. The Kier molecular flexibility index (Phi) is 4.73. The molecule has 5 nitrogen and oxygen atoms in total. The SMILES string of the molecule is NS(=O)(=O)c1ccccc1-c1ccc2[nH]c(C=Cc3ccc(F)c(F)c3)nc2c1. The van der Waals surface area contributed by atoms with Crippen LogP contribution in [0.3, 0.4) is 0 Å². The molecule has 0 spiro atoms. The number of sulfonamides is 1. The molecular formula is C21H15F2N3O2S. The number of rotatable bonds is 4. The van der Waals surface area contributed by atoms with Gasteiger partial charge in [-0.2, -0.15) is 0 Å². The van der Waals surface area contributed by atoms with Gasteiger partial charge in [0.2, 0.25) is 10.0 Å². The van der Waals surface area contributed by atoms with Gasteiger partial charge in [-0.3, -0.25) is 0 Å². The molecule has 4 aromatic rings. The van der Waals surface area contributed by atoms with Crippen LogP contribution in [0, 0.1) is 11.6 Å². The Labute approximate surface area is 165 Å². The summed E-state index contributed by atoms with van der Waals surface area (Å²) in [5.41, 5.74) is 3.00. The Morgan fingerprint density at radius 3 is 2.48 bits per heavy atom. The van der Waals surface area contributed by atoms with Crippen molar-refractivity contribution in [2.45, 2.75) is 4.90 Å². The summed E-state index contributed by atoms with van der Waals surface area (Å²) in [6.07, 6.45) is 3.25. The lowest BCUT2D eigenvalue weighted by molar-refractivity contribution is 0.508.